The summed E-state index contributed by atoms with van der Waals surface area (Å²) in [5.74, 6) is 1.08. The third kappa shape index (κ3) is 4.35. The van der Waals surface area contributed by atoms with E-state index in [1.807, 2.05) is 61.5 Å². The first-order valence-corrected chi connectivity index (χ1v) is 9.30. The maximum Gasteiger partial charge on any atom is 0.252 e. The zero-order chi connectivity index (χ0) is 20.8. The molecule has 0 aliphatic carbocycles. The summed E-state index contributed by atoms with van der Waals surface area (Å²) in [6, 6.07) is 20.9. The van der Waals surface area contributed by atoms with Crippen molar-refractivity contribution in [3.8, 4) is 17.2 Å². The first-order chi connectivity index (χ1) is 14.1. The van der Waals surface area contributed by atoms with Gasteiger partial charge in [-0.05, 0) is 35.7 Å². The molecule has 0 aromatic heterocycles. The Kier molecular flexibility index (Phi) is 6.39. The molecular weight excluding hydrogens is 366 g/mol. The van der Waals surface area contributed by atoms with Gasteiger partial charge < -0.3 is 19.5 Å². The number of benzene rings is 3. The van der Waals surface area contributed by atoms with Crippen LogP contribution in [0.15, 0.2) is 66.7 Å². The van der Waals surface area contributed by atoms with Crippen LogP contribution in [0.5, 0.6) is 17.2 Å². The van der Waals surface area contributed by atoms with E-state index in [2.05, 4.69) is 5.32 Å². The molecule has 0 unspecified atom stereocenters. The van der Waals surface area contributed by atoms with Gasteiger partial charge in [-0.2, -0.15) is 0 Å². The Morgan fingerprint density at radius 3 is 1.97 bits per heavy atom. The highest BCUT2D eigenvalue weighted by Gasteiger charge is 2.22. The van der Waals surface area contributed by atoms with E-state index in [4.69, 9.17) is 14.2 Å². The molecule has 0 bridgehead atoms. The molecule has 0 radical (unpaired) electrons. The average molecular weight is 391 g/mol. The van der Waals surface area contributed by atoms with Crippen LogP contribution in [0.4, 0.5) is 0 Å². The van der Waals surface area contributed by atoms with Gasteiger partial charge in [-0.1, -0.05) is 54.6 Å². The molecule has 0 heterocycles. The molecule has 29 heavy (non-hydrogen) atoms. The summed E-state index contributed by atoms with van der Waals surface area (Å²) < 4.78 is 16.1. The number of nitrogens with one attached hydrogen (secondary N) is 1. The lowest BCUT2D eigenvalue weighted by molar-refractivity contribution is 0.0942. The lowest BCUT2D eigenvalue weighted by atomic mass is 9.94. The largest absolute Gasteiger partial charge is 0.493 e. The van der Waals surface area contributed by atoms with Gasteiger partial charge in [0.15, 0.2) is 11.5 Å². The molecule has 0 aliphatic rings. The van der Waals surface area contributed by atoms with Crippen molar-refractivity contribution in [3.05, 3.63) is 89.0 Å². The lowest BCUT2D eigenvalue weighted by Crippen LogP contribution is -2.29. The lowest BCUT2D eigenvalue weighted by Gasteiger charge is -2.22. The number of ether oxygens (including phenoxy) is 3. The van der Waals surface area contributed by atoms with Gasteiger partial charge in [0.25, 0.3) is 5.91 Å². The Balaban J connectivity index is 2.01. The molecule has 3 aromatic carbocycles. The van der Waals surface area contributed by atoms with Crippen molar-refractivity contribution in [3.63, 3.8) is 0 Å². The average Bonchev–Trinajstić information content (AvgIpc) is 2.77. The van der Waals surface area contributed by atoms with Crippen molar-refractivity contribution in [2.45, 2.75) is 13.0 Å². The third-order valence-electron chi connectivity index (χ3n) is 4.83. The van der Waals surface area contributed by atoms with E-state index >= 15 is 0 Å². The fourth-order valence-electron chi connectivity index (χ4n) is 3.32. The minimum atomic E-state index is -0.288. The fraction of sp³-hybridized carbons (Fsp3) is 0.208. The van der Waals surface area contributed by atoms with Crippen molar-refractivity contribution >= 4 is 5.91 Å². The van der Waals surface area contributed by atoms with Crippen LogP contribution in [0, 0.1) is 6.92 Å². The van der Waals surface area contributed by atoms with E-state index in [9.17, 15) is 4.79 Å². The van der Waals surface area contributed by atoms with Crippen LogP contribution in [0.3, 0.4) is 0 Å². The minimum Gasteiger partial charge on any atom is -0.493 e. The van der Waals surface area contributed by atoms with Gasteiger partial charge in [-0.15, -0.1) is 0 Å². The number of hydrogen-bond donors (Lipinski definition) is 1. The number of methoxy groups -OCH3 is 3. The fourth-order valence-corrected chi connectivity index (χ4v) is 3.32. The van der Waals surface area contributed by atoms with Crippen LogP contribution < -0.4 is 19.5 Å². The van der Waals surface area contributed by atoms with E-state index in [1.54, 1.807) is 12.1 Å². The predicted octanol–water partition coefficient (Wildman–Crippen LogP) is 4.54. The highest BCUT2D eigenvalue weighted by molar-refractivity contribution is 5.96. The van der Waals surface area contributed by atoms with Crippen molar-refractivity contribution < 1.29 is 19.0 Å². The van der Waals surface area contributed by atoms with Gasteiger partial charge in [0.05, 0.1) is 27.4 Å². The number of aryl methyl sites for hydroxylation is 1. The maximum absolute atomic E-state index is 13.2. The molecular formula is C24H25NO4. The Morgan fingerprint density at radius 1 is 0.828 bits per heavy atom. The molecule has 0 saturated heterocycles. The zero-order valence-electron chi connectivity index (χ0n) is 17.1. The van der Waals surface area contributed by atoms with Gasteiger partial charge in [-0.3, -0.25) is 4.79 Å². The summed E-state index contributed by atoms with van der Waals surface area (Å²) in [5.41, 5.74) is 3.57. The van der Waals surface area contributed by atoms with Gasteiger partial charge in [-0.25, -0.2) is 0 Å². The van der Waals surface area contributed by atoms with E-state index < -0.39 is 0 Å². The Labute approximate surface area is 171 Å². The van der Waals surface area contributed by atoms with E-state index in [0.29, 0.717) is 22.8 Å². The first kappa shape index (κ1) is 20.3. The quantitative estimate of drug-likeness (QED) is 0.642. The van der Waals surface area contributed by atoms with Crippen molar-refractivity contribution in [1.29, 1.82) is 0 Å². The summed E-state index contributed by atoms with van der Waals surface area (Å²) in [4.78, 5) is 13.2. The van der Waals surface area contributed by atoms with Crippen LogP contribution in [0.25, 0.3) is 0 Å². The normalized spacial score (nSPS) is 11.4. The Hall–Kier alpha value is -3.47. The molecule has 3 rings (SSSR count). The Bertz CT molecular complexity index is 960. The van der Waals surface area contributed by atoms with Crippen LogP contribution >= 0.6 is 0 Å². The van der Waals surface area contributed by atoms with Gasteiger partial charge in [0, 0.05) is 5.56 Å². The molecule has 0 saturated carbocycles. The molecule has 150 valence electrons. The van der Waals surface area contributed by atoms with Crippen molar-refractivity contribution in [2.24, 2.45) is 0 Å². The molecule has 1 N–H and O–H groups in total. The molecule has 1 amide bonds. The number of hydrogen-bond acceptors (Lipinski definition) is 4. The highest BCUT2D eigenvalue weighted by Crippen LogP contribution is 2.38. The second kappa shape index (κ2) is 9.15. The van der Waals surface area contributed by atoms with E-state index in [1.165, 1.54) is 21.3 Å². The van der Waals surface area contributed by atoms with Crippen LogP contribution in [-0.2, 0) is 0 Å². The maximum atomic E-state index is 13.2. The summed E-state index contributed by atoms with van der Waals surface area (Å²) in [7, 11) is 4.59. The molecule has 5 heteroatoms. The summed E-state index contributed by atoms with van der Waals surface area (Å²) >= 11 is 0. The smallest absolute Gasteiger partial charge is 0.252 e. The molecule has 0 fully saturated rings. The monoisotopic (exact) mass is 391 g/mol. The van der Waals surface area contributed by atoms with Crippen LogP contribution in [-0.4, -0.2) is 27.2 Å². The second-order valence-electron chi connectivity index (χ2n) is 6.59. The van der Waals surface area contributed by atoms with Crippen LogP contribution in [0.2, 0.25) is 0 Å². The number of carbonyl (C=O) groups excluding carboxylic acids is 1. The van der Waals surface area contributed by atoms with Crippen LogP contribution in [0.1, 0.15) is 33.1 Å². The summed E-state index contributed by atoms with van der Waals surface area (Å²) in [5, 5.41) is 3.16. The van der Waals surface area contributed by atoms with Gasteiger partial charge in [0.1, 0.15) is 0 Å². The van der Waals surface area contributed by atoms with Crippen molar-refractivity contribution in [1.82, 2.24) is 5.32 Å². The third-order valence-corrected chi connectivity index (χ3v) is 4.83. The number of carbonyl (C=O) groups is 1. The molecule has 1 atom stereocenters. The molecule has 0 spiro atoms. The number of amides is 1. The Morgan fingerprint density at radius 2 is 1.41 bits per heavy atom. The molecule has 5 nitrogen and oxygen atoms in total. The standard InChI is InChI=1S/C24H25NO4/c1-16-10-8-9-13-19(16)22(17-11-6-5-7-12-17)25-24(26)18-14-20(27-2)23(29-4)21(15-18)28-3/h5-15,22H,1-4H3,(H,25,26)/t22-/m1/s1. The summed E-state index contributed by atoms with van der Waals surface area (Å²) in [6.45, 7) is 2.04. The molecule has 3 aromatic rings. The second-order valence-corrected chi connectivity index (χ2v) is 6.59. The minimum absolute atomic E-state index is 0.235. The molecule has 0 aliphatic heterocycles. The predicted molar refractivity (Wildman–Crippen MR) is 113 cm³/mol. The van der Waals surface area contributed by atoms with Gasteiger partial charge >= 0.3 is 0 Å². The van der Waals surface area contributed by atoms with E-state index in [-0.39, 0.29) is 11.9 Å². The topological polar surface area (TPSA) is 56.8 Å². The SMILES string of the molecule is COc1cc(C(=O)N[C@H](c2ccccc2)c2ccccc2C)cc(OC)c1OC. The van der Waals surface area contributed by atoms with Crippen molar-refractivity contribution in [2.75, 3.05) is 21.3 Å². The van der Waals surface area contributed by atoms with E-state index in [0.717, 1.165) is 16.7 Å². The van der Waals surface area contributed by atoms with Gasteiger partial charge in [0.2, 0.25) is 5.75 Å². The highest BCUT2D eigenvalue weighted by atomic mass is 16.5. The zero-order valence-corrected chi connectivity index (χ0v) is 17.1. The number of rotatable bonds is 7. The summed E-state index contributed by atoms with van der Waals surface area (Å²) in [6.07, 6.45) is 0. The first-order valence-electron chi connectivity index (χ1n) is 9.30.